The van der Waals surface area contributed by atoms with Gasteiger partial charge in [-0.1, -0.05) is 12.1 Å². The first-order valence-electron chi connectivity index (χ1n) is 7.54. The van der Waals surface area contributed by atoms with Crippen molar-refractivity contribution < 1.29 is 27.8 Å². The van der Waals surface area contributed by atoms with Crippen molar-refractivity contribution in [2.75, 3.05) is 6.61 Å². The molecule has 3 atom stereocenters. The highest BCUT2D eigenvalue weighted by Gasteiger charge is 2.32. The second-order valence-electron chi connectivity index (χ2n) is 5.81. The number of nitrogens with one attached hydrogen (secondary N) is 1. The standard InChI is InChI=1S/C16H20F3NO3/c1-10(20-15(22)13-3-2-4-14(13)21)11-5-7-12(8-6-11)23-9-16(17,18)19/h5-8,10,13-14,21H,2-4,9H2,1H3,(H,20,22). The smallest absolute Gasteiger partial charge is 0.422 e. The van der Waals surface area contributed by atoms with Gasteiger partial charge in [-0.3, -0.25) is 4.79 Å². The van der Waals surface area contributed by atoms with Crippen molar-refractivity contribution >= 4 is 5.91 Å². The van der Waals surface area contributed by atoms with Gasteiger partial charge in [-0.2, -0.15) is 13.2 Å². The summed E-state index contributed by atoms with van der Waals surface area (Å²) in [7, 11) is 0. The first kappa shape index (κ1) is 17.6. The fourth-order valence-electron chi connectivity index (χ4n) is 2.67. The van der Waals surface area contributed by atoms with E-state index in [9.17, 15) is 23.1 Å². The van der Waals surface area contributed by atoms with Crippen molar-refractivity contribution in [2.24, 2.45) is 5.92 Å². The number of hydrogen-bond acceptors (Lipinski definition) is 3. The molecule has 1 aromatic carbocycles. The minimum Gasteiger partial charge on any atom is -0.484 e. The maximum absolute atomic E-state index is 12.1. The number of benzene rings is 1. The number of ether oxygens (including phenoxy) is 1. The van der Waals surface area contributed by atoms with E-state index in [1.807, 2.05) is 0 Å². The van der Waals surface area contributed by atoms with Gasteiger partial charge in [0, 0.05) is 0 Å². The molecule has 1 saturated carbocycles. The summed E-state index contributed by atoms with van der Waals surface area (Å²) >= 11 is 0. The second-order valence-corrected chi connectivity index (χ2v) is 5.81. The Hall–Kier alpha value is -1.76. The molecule has 4 nitrogen and oxygen atoms in total. The molecule has 128 valence electrons. The minimum absolute atomic E-state index is 0.121. The predicted molar refractivity (Wildman–Crippen MR) is 77.9 cm³/mol. The van der Waals surface area contributed by atoms with Gasteiger partial charge in [0.25, 0.3) is 0 Å². The van der Waals surface area contributed by atoms with Crippen molar-refractivity contribution in [1.82, 2.24) is 5.32 Å². The molecule has 1 aliphatic carbocycles. The third-order valence-electron chi connectivity index (χ3n) is 3.96. The van der Waals surface area contributed by atoms with Crippen LogP contribution in [0.3, 0.4) is 0 Å². The molecule has 23 heavy (non-hydrogen) atoms. The van der Waals surface area contributed by atoms with Gasteiger partial charge in [-0.05, 0) is 43.9 Å². The summed E-state index contributed by atoms with van der Waals surface area (Å²) in [6, 6.07) is 5.80. The van der Waals surface area contributed by atoms with Gasteiger partial charge < -0.3 is 15.2 Å². The van der Waals surface area contributed by atoms with Crippen molar-refractivity contribution in [3.63, 3.8) is 0 Å². The third kappa shape index (κ3) is 5.13. The second kappa shape index (κ2) is 7.21. The normalized spacial score (nSPS) is 22.7. The van der Waals surface area contributed by atoms with Crippen LogP contribution in [0.1, 0.15) is 37.8 Å². The molecule has 3 unspecified atom stereocenters. The lowest BCUT2D eigenvalue weighted by atomic mass is 10.0. The van der Waals surface area contributed by atoms with Gasteiger partial charge in [-0.25, -0.2) is 0 Å². The van der Waals surface area contributed by atoms with Crippen LogP contribution in [0.4, 0.5) is 13.2 Å². The van der Waals surface area contributed by atoms with Crippen LogP contribution in [-0.2, 0) is 4.79 Å². The lowest BCUT2D eigenvalue weighted by Gasteiger charge is -2.19. The van der Waals surface area contributed by atoms with Crippen LogP contribution in [0.25, 0.3) is 0 Å². The monoisotopic (exact) mass is 331 g/mol. The number of rotatable bonds is 5. The van der Waals surface area contributed by atoms with Crippen LogP contribution in [0, 0.1) is 5.92 Å². The summed E-state index contributed by atoms with van der Waals surface area (Å²) in [5.41, 5.74) is 0.755. The van der Waals surface area contributed by atoms with E-state index in [0.29, 0.717) is 12.8 Å². The van der Waals surface area contributed by atoms with Crippen LogP contribution in [0.15, 0.2) is 24.3 Å². The molecule has 2 rings (SSSR count). The van der Waals surface area contributed by atoms with Gasteiger partial charge in [0.15, 0.2) is 6.61 Å². The predicted octanol–water partition coefficient (Wildman–Crippen LogP) is 2.97. The van der Waals surface area contributed by atoms with E-state index in [1.165, 1.54) is 12.1 Å². The largest absolute Gasteiger partial charge is 0.484 e. The lowest BCUT2D eigenvalue weighted by molar-refractivity contribution is -0.153. The Bertz CT molecular complexity index is 530. The van der Waals surface area contributed by atoms with Gasteiger partial charge in [0.2, 0.25) is 5.91 Å². The first-order valence-corrected chi connectivity index (χ1v) is 7.54. The molecule has 0 spiro atoms. The average Bonchev–Trinajstić information content (AvgIpc) is 2.91. The fraction of sp³-hybridized carbons (Fsp3) is 0.562. The van der Waals surface area contributed by atoms with E-state index < -0.39 is 18.9 Å². The lowest BCUT2D eigenvalue weighted by Crippen LogP contribution is -2.36. The van der Waals surface area contributed by atoms with Crippen LogP contribution < -0.4 is 10.1 Å². The van der Waals surface area contributed by atoms with Crippen molar-refractivity contribution in [3.8, 4) is 5.75 Å². The number of aliphatic hydroxyl groups is 1. The Kier molecular flexibility index (Phi) is 5.51. The molecule has 1 fully saturated rings. The number of carbonyl (C=O) groups excluding carboxylic acids is 1. The molecule has 1 aliphatic rings. The Morgan fingerprint density at radius 3 is 2.52 bits per heavy atom. The molecule has 1 aromatic rings. The van der Waals surface area contributed by atoms with E-state index in [1.54, 1.807) is 19.1 Å². The highest BCUT2D eigenvalue weighted by molar-refractivity contribution is 5.80. The SMILES string of the molecule is CC(NC(=O)C1CCCC1O)c1ccc(OCC(F)(F)F)cc1. The molecule has 2 N–H and O–H groups in total. The molecular formula is C16H20F3NO3. The summed E-state index contributed by atoms with van der Waals surface area (Å²) in [5, 5.41) is 12.6. The number of aliphatic hydroxyl groups excluding tert-OH is 1. The molecule has 1 amide bonds. The van der Waals surface area contributed by atoms with E-state index in [0.717, 1.165) is 12.0 Å². The molecule has 0 aromatic heterocycles. The van der Waals surface area contributed by atoms with Gasteiger partial charge in [0.1, 0.15) is 5.75 Å². The van der Waals surface area contributed by atoms with E-state index in [2.05, 4.69) is 10.1 Å². The number of carbonyl (C=O) groups is 1. The minimum atomic E-state index is -4.37. The number of alkyl halides is 3. The Morgan fingerprint density at radius 1 is 1.35 bits per heavy atom. The fourth-order valence-corrected chi connectivity index (χ4v) is 2.67. The molecule has 0 heterocycles. The van der Waals surface area contributed by atoms with Gasteiger partial charge in [-0.15, -0.1) is 0 Å². The summed E-state index contributed by atoms with van der Waals surface area (Å²) in [4.78, 5) is 12.1. The first-order chi connectivity index (χ1) is 10.8. The summed E-state index contributed by atoms with van der Waals surface area (Å²) < 4.78 is 40.9. The topological polar surface area (TPSA) is 58.6 Å². The Morgan fingerprint density at radius 2 is 2.00 bits per heavy atom. The summed E-state index contributed by atoms with van der Waals surface area (Å²) in [6.45, 7) is 0.447. The molecule has 7 heteroatoms. The average molecular weight is 331 g/mol. The van der Waals surface area contributed by atoms with Crippen LogP contribution in [0.2, 0.25) is 0 Å². The molecular weight excluding hydrogens is 311 g/mol. The van der Waals surface area contributed by atoms with E-state index in [-0.39, 0.29) is 23.6 Å². The molecule has 0 radical (unpaired) electrons. The maximum Gasteiger partial charge on any atom is 0.422 e. The zero-order chi connectivity index (χ0) is 17.0. The van der Waals surface area contributed by atoms with Crippen LogP contribution >= 0.6 is 0 Å². The van der Waals surface area contributed by atoms with Gasteiger partial charge >= 0.3 is 6.18 Å². The number of hydrogen-bond donors (Lipinski definition) is 2. The highest BCUT2D eigenvalue weighted by atomic mass is 19.4. The van der Waals surface area contributed by atoms with Gasteiger partial charge in [0.05, 0.1) is 18.1 Å². The quantitative estimate of drug-likeness (QED) is 0.872. The Labute approximate surface area is 132 Å². The molecule has 0 saturated heterocycles. The zero-order valence-corrected chi connectivity index (χ0v) is 12.8. The molecule has 0 bridgehead atoms. The highest BCUT2D eigenvalue weighted by Crippen LogP contribution is 2.27. The van der Waals surface area contributed by atoms with Crippen LogP contribution in [-0.4, -0.2) is 29.9 Å². The number of halogens is 3. The van der Waals surface area contributed by atoms with Crippen LogP contribution in [0.5, 0.6) is 5.75 Å². The van der Waals surface area contributed by atoms with Crippen molar-refractivity contribution in [3.05, 3.63) is 29.8 Å². The van der Waals surface area contributed by atoms with E-state index in [4.69, 9.17) is 0 Å². The third-order valence-corrected chi connectivity index (χ3v) is 3.96. The van der Waals surface area contributed by atoms with Crippen molar-refractivity contribution in [1.29, 1.82) is 0 Å². The van der Waals surface area contributed by atoms with E-state index >= 15 is 0 Å². The zero-order valence-electron chi connectivity index (χ0n) is 12.8. The Balaban J connectivity index is 1.89. The molecule has 0 aliphatic heterocycles. The van der Waals surface area contributed by atoms with Crippen molar-refractivity contribution in [2.45, 2.75) is 44.5 Å². The maximum atomic E-state index is 12.1. The summed E-state index contributed by atoms with van der Waals surface area (Å²) in [5.74, 6) is -0.456. The number of amides is 1. The summed E-state index contributed by atoms with van der Waals surface area (Å²) in [6.07, 6.45) is -2.83.